The van der Waals surface area contributed by atoms with E-state index < -0.39 is 12.0 Å². The van der Waals surface area contributed by atoms with Crippen molar-refractivity contribution >= 4 is 12.3 Å². The maximum Gasteiger partial charge on any atom is 0.306 e. The summed E-state index contributed by atoms with van der Waals surface area (Å²) >= 11 is 0. The summed E-state index contributed by atoms with van der Waals surface area (Å²) in [4.78, 5) is 21.3. The van der Waals surface area contributed by atoms with Crippen molar-refractivity contribution in [3.8, 4) is 0 Å². The maximum absolute atomic E-state index is 10.8. The van der Waals surface area contributed by atoms with Gasteiger partial charge in [0, 0.05) is 18.3 Å². The Hall–Kier alpha value is -0.900. The molecule has 0 aromatic carbocycles. The number of aliphatic hydroxyl groups is 1. The van der Waals surface area contributed by atoms with Crippen LogP contribution in [-0.2, 0) is 14.3 Å². The minimum Gasteiger partial charge on any atom is -0.462 e. The Balaban J connectivity index is 2.16. The lowest BCUT2D eigenvalue weighted by molar-refractivity contribution is -0.141. The van der Waals surface area contributed by atoms with Crippen molar-refractivity contribution in [2.75, 3.05) is 0 Å². The topological polar surface area (TPSA) is 63.6 Å². The van der Waals surface area contributed by atoms with E-state index in [9.17, 15) is 14.7 Å². The van der Waals surface area contributed by atoms with Gasteiger partial charge in [-0.05, 0) is 0 Å². The van der Waals surface area contributed by atoms with Crippen molar-refractivity contribution in [1.82, 2.24) is 0 Å². The first-order valence-electron chi connectivity index (χ1n) is 4.05. The van der Waals surface area contributed by atoms with E-state index in [0.29, 0.717) is 6.42 Å². The Bertz CT molecular complexity index is 225. The van der Waals surface area contributed by atoms with Crippen LogP contribution in [0.1, 0.15) is 12.8 Å². The third kappa shape index (κ3) is 0.948. The van der Waals surface area contributed by atoms with Gasteiger partial charge in [0.25, 0.3) is 0 Å². The summed E-state index contributed by atoms with van der Waals surface area (Å²) in [6.45, 7) is 0. The van der Waals surface area contributed by atoms with Gasteiger partial charge in [0.15, 0.2) is 0 Å². The van der Waals surface area contributed by atoms with Crippen LogP contribution in [0.25, 0.3) is 0 Å². The largest absolute Gasteiger partial charge is 0.462 e. The lowest BCUT2D eigenvalue weighted by Crippen LogP contribution is -2.21. The molecule has 1 aliphatic carbocycles. The molecule has 12 heavy (non-hydrogen) atoms. The quantitative estimate of drug-likeness (QED) is 0.425. The van der Waals surface area contributed by atoms with Crippen molar-refractivity contribution in [3.05, 3.63) is 0 Å². The van der Waals surface area contributed by atoms with Crippen molar-refractivity contribution in [1.29, 1.82) is 0 Å². The SMILES string of the molecule is O=C[C@@H]1C2CC(=O)O[C@H]2C[C@H]1O. The first-order valence-corrected chi connectivity index (χ1v) is 4.05. The van der Waals surface area contributed by atoms with Crippen LogP contribution < -0.4 is 0 Å². The smallest absolute Gasteiger partial charge is 0.306 e. The molecule has 66 valence electrons. The molecule has 4 heteroatoms. The molecule has 1 N–H and O–H groups in total. The molecule has 1 aliphatic heterocycles. The number of rotatable bonds is 1. The highest BCUT2D eigenvalue weighted by atomic mass is 16.6. The van der Waals surface area contributed by atoms with E-state index in [2.05, 4.69) is 0 Å². The van der Waals surface area contributed by atoms with Gasteiger partial charge in [-0.2, -0.15) is 0 Å². The minimum absolute atomic E-state index is 0.0787. The van der Waals surface area contributed by atoms with E-state index in [4.69, 9.17) is 4.74 Å². The number of aldehydes is 1. The number of ether oxygens (including phenoxy) is 1. The predicted molar refractivity (Wildman–Crippen MR) is 38.2 cm³/mol. The highest BCUT2D eigenvalue weighted by Crippen LogP contribution is 2.40. The number of aliphatic hydroxyl groups excluding tert-OH is 1. The van der Waals surface area contributed by atoms with Gasteiger partial charge in [-0.3, -0.25) is 4.79 Å². The number of carbonyl (C=O) groups excluding carboxylic acids is 2. The molecule has 1 heterocycles. The van der Waals surface area contributed by atoms with Crippen LogP contribution in [0.4, 0.5) is 0 Å². The molecular formula is C8H10O4. The fourth-order valence-electron chi connectivity index (χ4n) is 2.11. The monoisotopic (exact) mass is 170 g/mol. The van der Waals surface area contributed by atoms with Gasteiger partial charge < -0.3 is 14.6 Å². The first-order chi connectivity index (χ1) is 5.72. The molecule has 1 unspecified atom stereocenters. The van der Waals surface area contributed by atoms with Crippen LogP contribution >= 0.6 is 0 Å². The Morgan fingerprint density at radius 2 is 2.33 bits per heavy atom. The lowest BCUT2D eigenvalue weighted by Gasteiger charge is -2.10. The van der Waals surface area contributed by atoms with Crippen LogP contribution in [0.15, 0.2) is 0 Å². The van der Waals surface area contributed by atoms with E-state index in [1.54, 1.807) is 0 Å². The average molecular weight is 170 g/mol. The second kappa shape index (κ2) is 2.55. The Morgan fingerprint density at radius 3 is 3.00 bits per heavy atom. The van der Waals surface area contributed by atoms with Crippen molar-refractivity contribution in [2.24, 2.45) is 11.8 Å². The molecule has 2 fully saturated rings. The van der Waals surface area contributed by atoms with Gasteiger partial charge in [-0.1, -0.05) is 0 Å². The fourth-order valence-corrected chi connectivity index (χ4v) is 2.11. The van der Waals surface area contributed by atoms with Crippen LogP contribution in [0, 0.1) is 11.8 Å². The molecule has 0 aromatic heterocycles. The summed E-state index contributed by atoms with van der Waals surface area (Å²) in [7, 11) is 0. The highest BCUT2D eigenvalue weighted by Gasteiger charge is 2.49. The number of esters is 1. The zero-order valence-corrected chi connectivity index (χ0v) is 6.47. The molecular weight excluding hydrogens is 160 g/mol. The van der Waals surface area contributed by atoms with Gasteiger partial charge in [0.2, 0.25) is 0 Å². The molecule has 0 radical (unpaired) electrons. The molecule has 0 aromatic rings. The predicted octanol–water partition coefficient (Wildman–Crippen LogP) is -0.502. The van der Waals surface area contributed by atoms with Crippen LogP contribution in [0.3, 0.4) is 0 Å². The summed E-state index contributed by atoms with van der Waals surface area (Å²) < 4.78 is 4.93. The summed E-state index contributed by atoms with van der Waals surface area (Å²) in [6, 6.07) is 0. The fraction of sp³-hybridized carbons (Fsp3) is 0.750. The van der Waals surface area contributed by atoms with Crippen LogP contribution in [-0.4, -0.2) is 29.6 Å². The van der Waals surface area contributed by atoms with Gasteiger partial charge in [0.05, 0.1) is 12.5 Å². The van der Waals surface area contributed by atoms with E-state index in [1.807, 2.05) is 0 Å². The molecule has 0 amide bonds. The summed E-state index contributed by atoms with van der Waals surface area (Å²) in [6.07, 6.45) is 0.593. The third-order valence-corrected chi connectivity index (χ3v) is 2.73. The molecule has 1 saturated carbocycles. The summed E-state index contributed by atoms with van der Waals surface area (Å²) in [5.41, 5.74) is 0. The standard InChI is InChI=1S/C8H10O4/c9-3-5-4-1-8(11)12-7(4)2-6(5)10/h3-7,10H,1-2H2/t4?,5-,6-,7+/m1/s1. The van der Waals surface area contributed by atoms with Gasteiger partial charge in [0.1, 0.15) is 12.4 Å². The van der Waals surface area contributed by atoms with Crippen molar-refractivity contribution in [3.63, 3.8) is 0 Å². The number of hydrogen-bond acceptors (Lipinski definition) is 4. The zero-order chi connectivity index (χ0) is 8.72. The molecule has 4 nitrogen and oxygen atoms in total. The highest BCUT2D eigenvalue weighted by molar-refractivity contribution is 5.74. The van der Waals surface area contributed by atoms with E-state index in [1.165, 1.54) is 0 Å². The molecule has 0 bridgehead atoms. The van der Waals surface area contributed by atoms with Crippen LogP contribution in [0.2, 0.25) is 0 Å². The summed E-state index contributed by atoms with van der Waals surface area (Å²) in [5.74, 6) is -0.727. The Kier molecular flexibility index (Phi) is 1.65. The van der Waals surface area contributed by atoms with E-state index in [0.717, 1.165) is 6.29 Å². The Labute approximate surface area is 69.5 Å². The molecule has 2 aliphatic rings. The third-order valence-electron chi connectivity index (χ3n) is 2.73. The number of fused-ring (bicyclic) bond motifs is 1. The van der Waals surface area contributed by atoms with Crippen LogP contribution in [0.5, 0.6) is 0 Å². The first kappa shape index (κ1) is 7.73. The van der Waals surface area contributed by atoms with E-state index >= 15 is 0 Å². The van der Waals surface area contributed by atoms with Gasteiger partial charge >= 0.3 is 5.97 Å². The van der Waals surface area contributed by atoms with E-state index in [-0.39, 0.29) is 24.4 Å². The zero-order valence-electron chi connectivity index (χ0n) is 6.47. The number of hydrogen-bond donors (Lipinski definition) is 1. The lowest BCUT2D eigenvalue weighted by atomic mass is 9.94. The molecule has 0 spiro atoms. The normalized spacial score (nSPS) is 45.6. The second-order valence-corrected chi connectivity index (χ2v) is 3.41. The summed E-state index contributed by atoms with van der Waals surface area (Å²) in [5, 5.41) is 9.36. The average Bonchev–Trinajstić information content (AvgIpc) is 2.43. The Morgan fingerprint density at radius 1 is 1.58 bits per heavy atom. The van der Waals surface area contributed by atoms with Gasteiger partial charge in [-0.15, -0.1) is 0 Å². The second-order valence-electron chi connectivity index (χ2n) is 3.41. The maximum atomic E-state index is 10.8. The molecule has 4 atom stereocenters. The van der Waals surface area contributed by atoms with Crippen molar-refractivity contribution < 1.29 is 19.4 Å². The van der Waals surface area contributed by atoms with Gasteiger partial charge in [-0.25, -0.2) is 0 Å². The van der Waals surface area contributed by atoms with Crippen molar-refractivity contribution in [2.45, 2.75) is 25.0 Å². The molecule has 1 saturated heterocycles. The minimum atomic E-state index is -0.620. The molecule has 2 rings (SSSR count). The number of carbonyl (C=O) groups is 2.